The van der Waals surface area contributed by atoms with E-state index < -0.39 is 18.8 Å². The summed E-state index contributed by atoms with van der Waals surface area (Å²) in [4.78, 5) is 14.2. The number of ether oxygens (including phenoxy) is 1. The van der Waals surface area contributed by atoms with Crippen LogP contribution in [-0.4, -0.2) is 42.0 Å². The van der Waals surface area contributed by atoms with Gasteiger partial charge in [0.15, 0.2) is 5.69 Å². The number of thiazole rings is 1. The van der Waals surface area contributed by atoms with Crippen LogP contribution in [-0.2, 0) is 4.74 Å². The van der Waals surface area contributed by atoms with E-state index in [1.165, 1.54) is 5.51 Å². The molecular formula is C8H9F3N2O3S. The Kier molecular flexibility index (Phi) is 4.70. The smallest absolute Gasteiger partial charge is 0.411 e. The Bertz CT molecular complexity index is 380. The third-order valence-electron chi connectivity index (χ3n) is 1.57. The molecule has 0 aromatic carbocycles. The number of carboxylic acids is 1. The van der Waals surface area contributed by atoms with E-state index in [1.54, 1.807) is 0 Å². The van der Waals surface area contributed by atoms with Gasteiger partial charge in [0.25, 0.3) is 0 Å². The van der Waals surface area contributed by atoms with Gasteiger partial charge in [0.2, 0.25) is 0 Å². The number of anilines is 1. The van der Waals surface area contributed by atoms with Crippen LogP contribution in [0.1, 0.15) is 10.5 Å². The van der Waals surface area contributed by atoms with Gasteiger partial charge in [-0.05, 0) is 0 Å². The van der Waals surface area contributed by atoms with Gasteiger partial charge < -0.3 is 15.2 Å². The first-order valence-electron chi connectivity index (χ1n) is 4.45. The lowest BCUT2D eigenvalue weighted by Gasteiger charge is -2.08. The van der Waals surface area contributed by atoms with Crippen LogP contribution >= 0.6 is 11.3 Å². The van der Waals surface area contributed by atoms with E-state index in [4.69, 9.17) is 5.11 Å². The van der Waals surface area contributed by atoms with E-state index in [1.807, 2.05) is 0 Å². The molecule has 0 aliphatic heterocycles. The Morgan fingerprint density at radius 3 is 2.88 bits per heavy atom. The summed E-state index contributed by atoms with van der Waals surface area (Å²) in [6, 6.07) is 0. The number of nitrogens with zero attached hydrogens (tertiary/aromatic N) is 1. The Labute approximate surface area is 98.2 Å². The van der Waals surface area contributed by atoms with Crippen molar-refractivity contribution in [2.24, 2.45) is 0 Å². The van der Waals surface area contributed by atoms with Gasteiger partial charge in [-0.2, -0.15) is 13.2 Å². The number of aromatic nitrogens is 1. The normalized spacial score (nSPS) is 11.5. The Morgan fingerprint density at radius 2 is 2.29 bits per heavy atom. The molecule has 0 amide bonds. The average Bonchev–Trinajstić information content (AvgIpc) is 2.63. The van der Waals surface area contributed by atoms with Crippen LogP contribution < -0.4 is 5.32 Å². The van der Waals surface area contributed by atoms with E-state index in [2.05, 4.69) is 15.0 Å². The van der Waals surface area contributed by atoms with Crippen LogP contribution in [0.5, 0.6) is 0 Å². The molecule has 5 nitrogen and oxygen atoms in total. The first-order valence-corrected chi connectivity index (χ1v) is 5.33. The summed E-state index contributed by atoms with van der Waals surface area (Å²) >= 11 is 1.06. The summed E-state index contributed by atoms with van der Waals surface area (Å²) in [5.74, 6) is -1.19. The summed E-state index contributed by atoms with van der Waals surface area (Å²) in [6.45, 7) is -1.40. The molecule has 0 bridgehead atoms. The number of rotatable bonds is 6. The summed E-state index contributed by atoms with van der Waals surface area (Å²) in [6.07, 6.45) is -4.35. The molecular weight excluding hydrogens is 261 g/mol. The van der Waals surface area contributed by atoms with Crippen molar-refractivity contribution in [3.63, 3.8) is 0 Å². The van der Waals surface area contributed by atoms with Crippen molar-refractivity contribution in [3.05, 3.63) is 11.2 Å². The summed E-state index contributed by atoms with van der Waals surface area (Å²) in [5.41, 5.74) is 1.19. The van der Waals surface area contributed by atoms with Crippen LogP contribution in [0.3, 0.4) is 0 Å². The highest BCUT2D eigenvalue weighted by molar-refractivity contribution is 7.14. The monoisotopic (exact) mass is 270 g/mol. The van der Waals surface area contributed by atoms with Crippen LogP contribution in [0.25, 0.3) is 0 Å². The molecule has 1 aromatic rings. The molecule has 0 spiro atoms. The van der Waals surface area contributed by atoms with Crippen LogP contribution in [0.15, 0.2) is 5.51 Å². The lowest BCUT2D eigenvalue weighted by Crippen LogP contribution is -2.20. The molecule has 0 saturated heterocycles. The van der Waals surface area contributed by atoms with E-state index in [-0.39, 0.29) is 18.8 Å². The van der Waals surface area contributed by atoms with Gasteiger partial charge in [-0.1, -0.05) is 0 Å². The number of aromatic carboxylic acids is 1. The van der Waals surface area contributed by atoms with Crippen molar-refractivity contribution >= 4 is 22.3 Å². The van der Waals surface area contributed by atoms with Crippen LogP contribution in [0, 0.1) is 0 Å². The molecule has 17 heavy (non-hydrogen) atoms. The van der Waals surface area contributed by atoms with Gasteiger partial charge in [0.05, 0.1) is 12.1 Å². The molecule has 0 unspecified atom stereocenters. The number of alkyl halides is 3. The molecule has 1 aromatic heterocycles. The third-order valence-corrected chi connectivity index (χ3v) is 2.35. The van der Waals surface area contributed by atoms with Gasteiger partial charge in [-0.25, -0.2) is 9.78 Å². The maximum atomic E-state index is 11.7. The second kappa shape index (κ2) is 5.82. The maximum Gasteiger partial charge on any atom is 0.411 e. The van der Waals surface area contributed by atoms with E-state index in [0.29, 0.717) is 5.00 Å². The fourth-order valence-corrected chi connectivity index (χ4v) is 1.65. The van der Waals surface area contributed by atoms with Crippen molar-refractivity contribution in [2.45, 2.75) is 6.18 Å². The lowest BCUT2D eigenvalue weighted by atomic mass is 10.4. The minimum atomic E-state index is -4.35. The molecule has 0 radical (unpaired) electrons. The minimum Gasteiger partial charge on any atom is -0.476 e. The average molecular weight is 270 g/mol. The predicted octanol–water partition coefficient (Wildman–Crippen LogP) is 1.83. The SMILES string of the molecule is O=C(O)c1ncsc1NCCOCC(F)(F)F. The molecule has 9 heteroatoms. The van der Waals surface area contributed by atoms with Crippen LogP contribution in [0.2, 0.25) is 0 Å². The first kappa shape index (κ1) is 13.7. The highest BCUT2D eigenvalue weighted by Crippen LogP contribution is 2.19. The number of hydrogen-bond donors (Lipinski definition) is 2. The van der Waals surface area contributed by atoms with Crippen LogP contribution in [0.4, 0.5) is 18.2 Å². The maximum absolute atomic E-state index is 11.7. The van der Waals surface area contributed by atoms with E-state index in [9.17, 15) is 18.0 Å². The zero-order valence-electron chi connectivity index (χ0n) is 8.45. The molecule has 0 fully saturated rings. The molecule has 0 aliphatic rings. The summed E-state index contributed by atoms with van der Waals surface area (Å²) in [7, 11) is 0. The molecule has 0 saturated carbocycles. The highest BCUT2D eigenvalue weighted by Gasteiger charge is 2.27. The van der Waals surface area contributed by atoms with Crippen molar-refractivity contribution in [1.82, 2.24) is 4.98 Å². The number of carboxylic acid groups (broad SMARTS) is 1. The first-order chi connectivity index (χ1) is 7.90. The number of nitrogens with one attached hydrogen (secondary N) is 1. The zero-order valence-corrected chi connectivity index (χ0v) is 9.27. The predicted molar refractivity (Wildman–Crippen MR) is 54.4 cm³/mol. The van der Waals surface area contributed by atoms with E-state index >= 15 is 0 Å². The molecule has 0 atom stereocenters. The number of halogens is 3. The van der Waals surface area contributed by atoms with Crippen molar-refractivity contribution < 1.29 is 27.8 Å². The summed E-state index contributed by atoms with van der Waals surface area (Å²) in [5, 5.41) is 11.6. The largest absolute Gasteiger partial charge is 0.476 e. The molecule has 1 heterocycles. The van der Waals surface area contributed by atoms with Crippen molar-refractivity contribution in [3.8, 4) is 0 Å². The Morgan fingerprint density at radius 1 is 1.59 bits per heavy atom. The van der Waals surface area contributed by atoms with E-state index in [0.717, 1.165) is 11.3 Å². The van der Waals surface area contributed by atoms with Crippen molar-refractivity contribution in [2.75, 3.05) is 25.1 Å². The number of hydrogen-bond acceptors (Lipinski definition) is 5. The molecule has 2 N–H and O–H groups in total. The van der Waals surface area contributed by atoms with Crippen molar-refractivity contribution in [1.29, 1.82) is 0 Å². The molecule has 96 valence electrons. The Hall–Kier alpha value is -1.35. The fourth-order valence-electron chi connectivity index (χ4n) is 0.949. The standard InChI is InChI=1S/C8H9F3N2O3S/c9-8(10,11)3-16-2-1-12-6-5(7(14)15)13-4-17-6/h4,12H,1-3H2,(H,14,15). The van der Waals surface area contributed by atoms with Gasteiger partial charge >= 0.3 is 12.1 Å². The quantitative estimate of drug-likeness (QED) is 0.772. The third kappa shape index (κ3) is 5.00. The second-order valence-electron chi connectivity index (χ2n) is 2.93. The van der Waals surface area contributed by atoms with Gasteiger partial charge in [-0.15, -0.1) is 11.3 Å². The second-order valence-corrected chi connectivity index (χ2v) is 3.78. The van der Waals surface area contributed by atoms with Gasteiger partial charge in [0, 0.05) is 6.54 Å². The summed E-state index contributed by atoms with van der Waals surface area (Å²) < 4.78 is 39.4. The van der Waals surface area contributed by atoms with Gasteiger partial charge in [0.1, 0.15) is 11.6 Å². The van der Waals surface area contributed by atoms with Gasteiger partial charge in [-0.3, -0.25) is 0 Å². The zero-order chi connectivity index (χ0) is 12.9. The highest BCUT2D eigenvalue weighted by atomic mass is 32.1. The molecule has 0 aliphatic carbocycles. The topological polar surface area (TPSA) is 71.5 Å². The fraction of sp³-hybridized carbons (Fsp3) is 0.500. The molecule has 1 rings (SSSR count). The lowest BCUT2D eigenvalue weighted by molar-refractivity contribution is -0.172. The Balaban J connectivity index is 2.27. The minimum absolute atomic E-state index is 0.0819. The number of carbonyl (C=O) groups is 1.